The minimum atomic E-state index is -4.57. The first kappa shape index (κ1) is 44.7. The second-order valence-electron chi connectivity index (χ2n) is 18.3. The Balaban J connectivity index is 0.799. The van der Waals surface area contributed by atoms with Crippen molar-refractivity contribution in [3.8, 4) is 5.75 Å². The van der Waals surface area contributed by atoms with Gasteiger partial charge in [-0.25, -0.2) is 13.8 Å². The van der Waals surface area contributed by atoms with Crippen LogP contribution in [0, 0.1) is 11.8 Å². The number of piperidine rings is 2. The summed E-state index contributed by atoms with van der Waals surface area (Å²) in [6.45, 7) is -0.164. The van der Waals surface area contributed by atoms with Gasteiger partial charge < -0.3 is 29.7 Å². The first-order chi connectivity index (χ1) is 31.9. The third-order valence-corrected chi connectivity index (χ3v) is 14.1. The molecule has 1 aliphatic carbocycles. The normalized spacial score (nSPS) is 22.8. The van der Waals surface area contributed by atoms with E-state index in [0.29, 0.717) is 83.9 Å². The topological polar surface area (TPSA) is 172 Å². The van der Waals surface area contributed by atoms with Crippen LogP contribution in [0.3, 0.4) is 0 Å². The zero-order chi connectivity index (χ0) is 47.1. The molecule has 7 heterocycles. The van der Waals surface area contributed by atoms with Crippen molar-refractivity contribution in [3.05, 3.63) is 69.2 Å². The molecule has 0 bridgehead atoms. The summed E-state index contributed by atoms with van der Waals surface area (Å²) in [5.74, 6) is -5.15. The third-order valence-electron chi connectivity index (χ3n) is 13.8. The van der Waals surface area contributed by atoms with Crippen molar-refractivity contribution >= 4 is 74.3 Å². The highest BCUT2D eigenvalue weighted by molar-refractivity contribution is 6.33. The number of anilines is 4. The van der Waals surface area contributed by atoms with Crippen LogP contribution in [0.25, 0.3) is 21.8 Å². The Labute approximate surface area is 384 Å². The molecule has 0 spiro atoms. The zero-order valence-corrected chi connectivity index (χ0v) is 37.3. The van der Waals surface area contributed by atoms with Crippen molar-refractivity contribution in [2.45, 2.75) is 68.6 Å². The van der Waals surface area contributed by atoms with Gasteiger partial charge in [-0.1, -0.05) is 17.7 Å². The van der Waals surface area contributed by atoms with Gasteiger partial charge in [0.05, 0.1) is 40.6 Å². The number of pyridine rings is 1. The highest BCUT2D eigenvalue weighted by Crippen LogP contribution is 2.46. The number of ether oxygens (including phenoxy) is 1. The van der Waals surface area contributed by atoms with Crippen LogP contribution in [-0.2, 0) is 23.7 Å². The number of nitrogens with zero attached hydrogens (tertiary/aromatic N) is 8. The lowest BCUT2D eigenvalue weighted by atomic mass is 9.92. The average molecular weight is 952 g/mol. The van der Waals surface area contributed by atoms with E-state index >= 15 is 8.78 Å². The number of hydrogen-bond acceptors (Lipinski definition) is 12. The number of hydrogen-bond donors (Lipinski definition) is 3. The largest absolute Gasteiger partial charge is 0.480 e. The Hall–Kier alpha value is -6.09. The van der Waals surface area contributed by atoms with Crippen LogP contribution < -0.4 is 31.1 Å². The molecule has 1 unspecified atom stereocenters. The van der Waals surface area contributed by atoms with Gasteiger partial charge >= 0.3 is 12.1 Å². The van der Waals surface area contributed by atoms with Gasteiger partial charge in [-0.2, -0.15) is 23.3 Å². The van der Waals surface area contributed by atoms with Gasteiger partial charge in [0.25, 0.3) is 11.5 Å². The summed E-state index contributed by atoms with van der Waals surface area (Å²) in [4.78, 5) is 64.7. The number of nitrogens with one attached hydrogen (secondary N) is 3. The van der Waals surface area contributed by atoms with Crippen LogP contribution in [-0.4, -0.2) is 122 Å². The molecule has 3 saturated heterocycles. The molecule has 4 fully saturated rings. The van der Waals surface area contributed by atoms with Crippen LogP contribution >= 0.6 is 11.6 Å². The van der Waals surface area contributed by atoms with Crippen LogP contribution in [0.2, 0.25) is 5.02 Å². The third kappa shape index (κ3) is 8.48. The van der Waals surface area contributed by atoms with Crippen LogP contribution in [0.4, 0.5) is 45.1 Å². The number of amides is 3. The molecule has 16 nitrogen and oxygen atoms in total. The van der Waals surface area contributed by atoms with Gasteiger partial charge in [0.1, 0.15) is 11.1 Å². The molecule has 10 rings (SSSR count). The predicted molar refractivity (Wildman–Crippen MR) is 238 cm³/mol. The highest BCUT2D eigenvalue weighted by Gasteiger charge is 2.51. The number of halogens is 6. The smallest absolute Gasteiger partial charge is 0.405 e. The van der Waals surface area contributed by atoms with E-state index in [2.05, 4.69) is 31.0 Å². The van der Waals surface area contributed by atoms with E-state index in [0.717, 1.165) is 0 Å². The monoisotopic (exact) mass is 951 g/mol. The first-order valence-electron chi connectivity index (χ1n) is 22.3. The second kappa shape index (κ2) is 16.9. The number of carbonyl (C=O) groups is 3. The van der Waals surface area contributed by atoms with Gasteiger partial charge in [-0.05, 0) is 74.3 Å². The SMILES string of the molecule is Cn1nc(C2CCC(=O)NC2=O)c2ccc(C(=O)N3CCC(CN4CCN(c5ncc(Cl)c(Nc6ccc7c(c6)c6c(c(=O)n7C)OCC(F)(F)[C@H](C7CC7)N6)n5)C[C@H]4C(F)(F)F)CC3)cc21. The number of piperazine rings is 1. The molecule has 67 heavy (non-hydrogen) atoms. The number of imide groups is 1. The summed E-state index contributed by atoms with van der Waals surface area (Å²) < 4.78 is 83.3. The fourth-order valence-electron chi connectivity index (χ4n) is 10.0. The Morgan fingerprint density at radius 1 is 0.970 bits per heavy atom. The lowest BCUT2D eigenvalue weighted by molar-refractivity contribution is -0.186. The maximum absolute atomic E-state index is 15.2. The van der Waals surface area contributed by atoms with E-state index in [-0.39, 0.29) is 77.9 Å². The maximum Gasteiger partial charge on any atom is 0.405 e. The Morgan fingerprint density at radius 2 is 1.75 bits per heavy atom. The highest BCUT2D eigenvalue weighted by atomic mass is 35.5. The van der Waals surface area contributed by atoms with Gasteiger partial charge in [-0.15, -0.1) is 0 Å². The fraction of sp³-hybridized carbons (Fsp3) is 0.489. The molecular formula is C45H47ClF5N11O5. The number of rotatable bonds is 8. The first-order valence-corrected chi connectivity index (χ1v) is 22.7. The summed E-state index contributed by atoms with van der Waals surface area (Å²) in [5, 5.41) is 14.2. The van der Waals surface area contributed by atoms with Crippen molar-refractivity contribution in [3.63, 3.8) is 0 Å². The van der Waals surface area contributed by atoms with Crippen molar-refractivity contribution in [1.82, 2.24) is 39.4 Å². The molecule has 354 valence electrons. The number of fused-ring (bicyclic) bond motifs is 4. The average Bonchev–Trinajstić information content (AvgIpc) is 4.10. The number of aromatic nitrogens is 5. The summed E-state index contributed by atoms with van der Waals surface area (Å²) in [7, 11) is 3.25. The van der Waals surface area contributed by atoms with Crippen LogP contribution in [0.5, 0.6) is 5.75 Å². The number of carbonyl (C=O) groups excluding carboxylic acids is 3. The number of benzene rings is 2. The standard InChI is InChI=1S/C45H47ClF5N11O5/c1-58-31-9-6-26(18-29(31)36-37(42(58)66)67-22-44(47,48)38(55-36)24-3-4-24)53-39-30(46)19-52-43(56-39)62-16-15-61(33(21-62)45(49,50)51)20-23-11-13-60(14-12-23)41(65)25-5-7-27-32(17-25)59(2)57-35(27)28-8-10-34(63)54-40(28)64/h5-7,9,17-19,23-24,28,33,38,55H,3-4,8,10-16,20-22H2,1-2H3,(H,52,53,56)(H,54,63,64)/t28?,33-,38-/m0/s1. The minimum Gasteiger partial charge on any atom is -0.480 e. The molecule has 5 aromatic rings. The molecule has 3 amide bonds. The molecule has 0 radical (unpaired) electrons. The van der Waals surface area contributed by atoms with Crippen molar-refractivity contribution in [2.24, 2.45) is 25.9 Å². The van der Waals surface area contributed by atoms with Gasteiger partial charge in [0.2, 0.25) is 23.5 Å². The Bertz CT molecular complexity index is 2880. The number of alkyl halides is 5. The quantitative estimate of drug-likeness (QED) is 0.124. The van der Waals surface area contributed by atoms with E-state index in [4.69, 9.17) is 16.3 Å². The molecule has 22 heteroatoms. The molecule has 2 aromatic carbocycles. The zero-order valence-electron chi connectivity index (χ0n) is 36.5. The molecule has 1 saturated carbocycles. The van der Waals surface area contributed by atoms with Gasteiger partial charge in [-0.3, -0.25) is 34.1 Å². The number of likely N-dealkylation sites (tertiary alicyclic amines) is 1. The molecule has 4 aliphatic heterocycles. The predicted octanol–water partition coefficient (Wildman–Crippen LogP) is 5.96. The van der Waals surface area contributed by atoms with E-state index in [1.165, 1.54) is 27.6 Å². The second-order valence-corrected chi connectivity index (χ2v) is 18.7. The molecule has 3 N–H and O–H groups in total. The summed E-state index contributed by atoms with van der Waals surface area (Å²) >= 11 is 6.54. The summed E-state index contributed by atoms with van der Waals surface area (Å²) in [5.41, 5.74) is 2.10. The van der Waals surface area contributed by atoms with Crippen molar-refractivity contribution < 1.29 is 41.1 Å². The lowest BCUT2D eigenvalue weighted by Gasteiger charge is -2.44. The lowest BCUT2D eigenvalue weighted by Crippen LogP contribution is -2.60. The van der Waals surface area contributed by atoms with E-state index in [1.54, 1.807) is 53.0 Å². The molecule has 5 aliphatic rings. The van der Waals surface area contributed by atoms with Gasteiger partial charge in [0, 0.05) is 81.8 Å². The molecular weight excluding hydrogens is 905 g/mol. The van der Waals surface area contributed by atoms with Crippen molar-refractivity contribution in [2.75, 3.05) is 61.4 Å². The number of aryl methyl sites for hydroxylation is 2. The summed E-state index contributed by atoms with van der Waals surface area (Å²) in [6, 6.07) is 7.09. The van der Waals surface area contributed by atoms with Crippen LogP contribution in [0.15, 0.2) is 47.4 Å². The van der Waals surface area contributed by atoms with Crippen LogP contribution in [0.1, 0.15) is 60.5 Å². The Kier molecular flexibility index (Phi) is 11.3. The van der Waals surface area contributed by atoms with Gasteiger partial charge in [0.15, 0.2) is 12.4 Å². The Morgan fingerprint density at radius 3 is 2.48 bits per heavy atom. The maximum atomic E-state index is 15.2. The minimum absolute atomic E-state index is 0.0331. The van der Waals surface area contributed by atoms with E-state index in [9.17, 15) is 32.3 Å². The van der Waals surface area contributed by atoms with E-state index < -0.39 is 54.7 Å². The molecule has 3 aromatic heterocycles. The molecule has 3 atom stereocenters. The van der Waals surface area contributed by atoms with Crippen molar-refractivity contribution in [1.29, 1.82) is 0 Å². The fourth-order valence-corrected chi connectivity index (χ4v) is 10.2. The summed E-state index contributed by atoms with van der Waals surface area (Å²) in [6.07, 6.45) is -0.425. The van der Waals surface area contributed by atoms with E-state index in [1.807, 2.05) is 0 Å².